The lowest BCUT2D eigenvalue weighted by molar-refractivity contribution is 0.0989. The van der Waals surface area contributed by atoms with Crippen LogP contribution in [0.25, 0.3) is 0 Å². The predicted octanol–water partition coefficient (Wildman–Crippen LogP) is 2.92. The van der Waals surface area contributed by atoms with Gasteiger partial charge in [0.25, 0.3) is 5.91 Å². The number of aryl methyl sites for hydroxylation is 1. The van der Waals surface area contributed by atoms with Gasteiger partial charge in [-0.05, 0) is 54.8 Å². The number of benzene rings is 2. The molecule has 0 atom stereocenters. The molecular formula is C16H15FN2O. The number of halogens is 1. The number of nitrogens with two attached hydrogens (primary N) is 1. The Morgan fingerprint density at radius 2 is 2.05 bits per heavy atom. The standard InChI is InChI=1S/C16H15FN2O/c1-10-6-12(8-13(17)7-10)16(20)19-5-4-11-2-3-14(18)9-15(11)19/h2-3,6-9H,4-5,18H2,1H3. The van der Waals surface area contributed by atoms with Crippen LogP contribution in [0.4, 0.5) is 15.8 Å². The highest BCUT2D eigenvalue weighted by Crippen LogP contribution is 2.31. The monoisotopic (exact) mass is 270 g/mol. The summed E-state index contributed by atoms with van der Waals surface area (Å²) in [4.78, 5) is 14.2. The van der Waals surface area contributed by atoms with Crippen LogP contribution in [-0.4, -0.2) is 12.5 Å². The molecule has 0 bridgehead atoms. The lowest BCUT2D eigenvalue weighted by Gasteiger charge is -2.18. The van der Waals surface area contributed by atoms with E-state index in [1.165, 1.54) is 12.1 Å². The molecule has 0 saturated heterocycles. The first kappa shape index (κ1) is 12.7. The van der Waals surface area contributed by atoms with E-state index in [0.29, 0.717) is 17.8 Å². The Labute approximate surface area is 116 Å². The van der Waals surface area contributed by atoms with Crippen molar-refractivity contribution < 1.29 is 9.18 Å². The zero-order valence-corrected chi connectivity index (χ0v) is 11.2. The van der Waals surface area contributed by atoms with Gasteiger partial charge in [0, 0.05) is 23.5 Å². The number of fused-ring (bicyclic) bond motifs is 1. The SMILES string of the molecule is Cc1cc(F)cc(C(=O)N2CCc3ccc(N)cc32)c1. The van der Waals surface area contributed by atoms with Crippen molar-refractivity contribution in [2.45, 2.75) is 13.3 Å². The summed E-state index contributed by atoms with van der Waals surface area (Å²) in [5, 5.41) is 0. The summed E-state index contributed by atoms with van der Waals surface area (Å²) in [6.45, 7) is 2.38. The molecule has 102 valence electrons. The summed E-state index contributed by atoms with van der Waals surface area (Å²) in [5.41, 5.74) is 9.44. The average Bonchev–Trinajstić information content (AvgIpc) is 2.79. The predicted molar refractivity (Wildman–Crippen MR) is 77.4 cm³/mol. The molecule has 20 heavy (non-hydrogen) atoms. The Morgan fingerprint density at radius 1 is 1.25 bits per heavy atom. The van der Waals surface area contributed by atoms with Crippen LogP contribution >= 0.6 is 0 Å². The van der Waals surface area contributed by atoms with Crippen molar-refractivity contribution in [1.29, 1.82) is 0 Å². The van der Waals surface area contributed by atoms with E-state index in [-0.39, 0.29) is 11.7 Å². The molecule has 1 heterocycles. The van der Waals surface area contributed by atoms with Gasteiger partial charge in [-0.1, -0.05) is 6.07 Å². The maximum Gasteiger partial charge on any atom is 0.258 e. The minimum absolute atomic E-state index is 0.183. The quantitative estimate of drug-likeness (QED) is 0.810. The number of hydrogen-bond donors (Lipinski definition) is 1. The first-order valence-corrected chi connectivity index (χ1v) is 6.52. The van der Waals surface area contributed by atoms with E-state index in [1.807, 2.05) is 12.1 Å². The molecule has 2 aromatic rings. The van der Waals surface area contributed by atoms with Crippen molar-refractivity contribution >= 4 is 17.3 Å². The molecule has 2 N–H and O–H groups in total. The molecule has 0 aliphatic carbocycles. The zero-order valence-electron chi connectivity index (χ0n) is 11.2. The summed E-state index contributed by atoms with van der Waals surface area (Å²) < 4.78 is 13.4. The Hall–Kier alpha value is -2.36. The summed E-state index contributed by atoms with van der Waals surface area (Å²) in [6, 6.07) is 9.96. The van der Waals surface area contributed by atoms with Crippen LogP contribution in [0.2, 0.25) is 0 Å². The second kappa shape index (κ2) is 4.63. The van der Waals surface area contributed by atoms with Crippen molar-refractivity contribution in [2.75, 3.05) is 17.2 Å². The summed E-state index contributed by atoms with van der Waals surface area (Å²) in [6.07, 6.45) is 0.801. The van der Waals surface area contributed by atoms with Crippen molar-refractivity contribution in [3.63, 3.8) is 0 Å². The van der Waals surface area contributed by atoms with Gasteiger partial charge in [0.05, 0.1) is 0 Å². The number of nitrogen functional groups attached to an aromatic ring is 1. The molecule has 3 rings (SSSR count). The third kappa shape index (κ3) is 2.13. The van der Waals surface area contributed by atoms with Gasteiger partial charge in [0.15, 0.2) is 0 Å². The minimum atomic E-state index is -0.389. The maximum atomic E-state index is 13.4. The molecule has 0 fully saturated rings. The topological polar surface area (TPSA) is 46.3 Å². The Morgan fingerprint density at radius 3 is 2.80 bits per heavy atom. The molecule has 0 unspecified atom stereocenters. The molecule has 1 amide bonds. The van der Waals surface area contributed by atoms with Crippen molar-refractivity contribution in [1.82, 2.24) is 0 Å². The molecule has 2 aromatic carbocycles. The fourth-order valence-electron chi connectivity index (χ4n) is 2.62. The number of amides is 1. The number of carbonyl (C=O) groups is 1. The van der Waals surface area contributed by atoms with E-state index >= 15 is 0 Å². The van der Waals surface area contributed by atoms with Gasteiger partial charge in [-0.15, -0.1) is 0 Å². The second-order valence-electron chi connectivity index (χ2n) is 5.11. The van der Waals surface area contributed by atoms with E-state index < -0.39 is 0 Å². The van der Waals surface area contributed by atoms with E-state index in [2.05, 4.69) is 0 Å². The first-order valence-electron chi connectivity index (χ1n) is 6.52. The van der Waals surface area contributed by atoms with E-state index in [1.54, 1.807) is 24.0 Å². The van der Waals surface area contributed by atoms with Crippen LogP contribution in [0.5, 0.6) is 0 Å². The normalized spacial score (nSPS) is 13.4. The molecule has 1 aliphatic rings. The third-order valence-electron chi connectivity index (χ3n) is 3.54. The number of rotatable bonds is 1. The summed E-state index contributed by atoms with van der Waals surface area (Å²) in [5.74, 6) is -0.572. The number of carbonyl (C=O) groups excluding carboxylic acids is 1. The van der Waals surface area contributed by atoms with Crippen LogP contribution in [0.1, 0.15) is 21.5 Å². The van der Waals surface area contributed by atoms with Gasteiger partial charge in [-0.25, -0.2) is 4.39 Å². The zero-order chi connectivity index (χ0) is 14.3. The van der Waals surface area contributed by atoms with E-state index in [9.17, 15) is 9.18 Å². The van der Waals surface area contributed by atoms with Gasteiger partial charge in [-0.2, -0.15) is 0 Å². The number of nitrogens with zero attached hydrogens (tertiary/aromatic N) is 1. The van der Waals surface area contributed by atoms with Crippen LogP contribution in [-0.2, 0) is 6.42 Å². The fraction of sp³-hybridized carbons (Fsp3) is 0.188. The second-order valence-corrected chi connectivity index (χ2v) is 5.11. The van der Waals surface area contributed by atoms with E-state index in [4.69, 9.17) is 5.73 Å². The lowest BCUT2D eigenvalue weighted by Crippen LogP contribution is -2.29. The highest BCUT2D eigenvalue weighted by molar-refractivity contribution is 6.07. The molecule has 0 radical (unpaired) electrons. The first-order chi connectivity index (χ1) is 9.54. The molecule has 0 saturated carbocycles. The van der Waals surface area contributed by atoms with Crippen molar-refractivity contribution in [3.8, 4) is 0 Å². The maximum absolute atomic E-state index is 13.4. The Kier molecular flexibility index (Phi) is 2.93. The largest absolute Gasteiger partial charge is 0.399 e. The van der Waals surface area contributed by atoms with Crippen LogP contribution in [0.3, 0.4) is 0 Å². The highest BCUT2D eigenvalue weighted by atomic mass is 19.1. The summed E-state index contributed by atoms with van der Waals surface area (Å²) in [7, 11) is 0. The highest BCUT2D eigenvalue weighted by Gasteiger charge is 2.26. The summed E-state index contributed by atoms with van der Waals surface area (Å²) >= 11 is 0. The molecule has 0 aromatic heterocycles. The Bertz CT molecular complexity index is 677. The molecule has 1 aliphatic heterocycles. The lowest BCUT2D eigenvalue weighted by atomic mass is 10.1. The Balaban J connectivity index is 1.99. The van der Waals surface area contributed by atoms with E-state index in [0.717, 1.165) is 23.2 Å². The minimum Gasteiger partial charge on any atom is -0.399 e. The van der Waals surface area contributed by atoms with Gasteiger partial charge < -0.3 is 10.6 Å². The van der Waals surface area contributed by atoms with Gasteiger partial charge in [0.1, 0.15) is 5.82 Å². The van der Waals surface area contributed by atoms with Crippen LogP contribution in [0.15, 0.2) is 36.4 Å². The van der Waals surface area contributed by atoms with Crippen molar-refractivity contribution in [2.24, 2.45) is 0 Å². The van der Waals surface area contributed by atoms with Gasteiger partial charge >= 0.3 is 0 Å². The molecule has 3 nitrogen and oxygen atoms in total. The van der Waals surface area contributed by atoms with Crippen molar-refractivity contribution in [3.05, 3.63) is 58.9 Å². The van der Waals surface area contributed by atoms with Gasteiger partial charge in [0.2, 0.25) is 0 Å². The molecule has 0 spiro atoms. The van der Waals surface area contributed by atoms with Crippen LogP contribution in [0, 0.1) is 12.7 Å². The smallest absolute Gasteiger partial charge is 0.258 e. The molecule has 4 heteroatoms. The molecular weight excluding hydrogens is 255 g/mol. The van der Waals surface area contributed by atoms with Gasteiger partial charge in [-0.3, -0.25) is 4.79 Å². The average molecular weight is 270 g/mol. The number of hydrogen-bond acceptors (Lipinski definition) is 2. The fourth-order valence-corrected chi connectivity index (χ4v) is 2.62. The third-order valence-corrected chi connectivity index (χ3v) is 3.54. The van der Waals surface area contributed by atoms with Crippen LogP contribution < -0.4 is 10.6 Å². The number of anilines is 2.